The Balaban J connectivity index is 2.03. The fourth-order valence-electron chi connectivity index (χ4n) is 2.67. The number of carbonyl (C=O) groups is 1. The van der Waals surface area contributed by atoms with E-state index in [2.05, 4.69) is 0 Å². The highest BCUT2D eigenvalue weighted by molar-refractivity contribution is 5.94. The molecule has 0 unspecified atom stereocenters. The average Bonchev–Trinajstić information content (AvgIpc) is 2.85. The summed E-state index contributed by atoms with van der Waals surface area (Å²) in [5.74, 6) is -4.52. The van der Waals surface area contributed by atoms with Gasteiger partial charge in [-0.1, -0.05) is 24.3 Å². The van der Waals surface area contributed by atoms with Crippen molar-refractivity contribution in [2.75, 3.05) is 0 Å². The van der Waals surface area contributed by atoms with E-state index in [1.54, 1.807) is 0 Å². The zero-order valence-corrected chi connectivity index (χ0v) is 12.8. The van der Waals surface area contributed by atoms with Crippen molar-refractivity contribution in [3.8, 4) is 0 Å². The van der Waals surface area contributed by atoms with Crippen molar-refractivity contribution in [3.63, 3.8) is 0 Å². The molecule has 1 heterocycles. The zero-order valence-electron chi connectivity index (χ0n) is 12.8. The number of alkyl halides is 2. The summed E-state index contributed by atoms with van der Waals surface area (Å²) in [7, 11) is 0. The summed E-state index contributed by atoms with van der Waals surface area (Å²) >= 11 is 0. The lowest BCUT2D eigenvalue weighted by Gasteiger charge is -2.12. The topological polar surface area (TPSA) is 42.2 Å². The lowest BCUT2D eigenvalue weighted by molar-refractivity contribution is 0.0174. The van der Waals surface area contributed by atoms with Gasteiger partial charge in [-0.2, -0.15) is 0 Å². The predicted octanol–water partition coefficient (Wildman–Crippen LogP) is 4.64. The van der Waals surface area contributed by atoms with Gasteiger partial charge in [0.05, 0.1) is 0 Å². The Kier molecular flexibility index (Phi) is 3.83. The van der Waals surface area contributed by atoms with Crippen LogP contribution in [0.1, 0.15) is 28.5 Å². The molecule has 0 aliphatic heterocycles. The molecule has 0 radical (unpaired) electrons. The molecule has 0 saturated carbocycles. The first kappa shape index (κ1) is 16.1. The van der Waals surface area contributed by atoms with Crippen LogP contribution in [0.15, 0.2) is 48.5 Å². The molecule has 24 heavy (non-hydrogen) atoms. The number of halogens is 3. The van der Waals surface area contributed by atoms with Crippen LogP contribution in [0.2, 0.25) is 0 Å². The number of carboxylic acid groups (broad SMARTS) is 1. The van der Waals surface area contributed by atoms with E-state index in [0.29, 0.717) is 16.5 Å². The molecule has 3 nitrogen and oxygen atoms in total. The molecule has 0 atom stereocenters. The third-order valence-electron chi connectivity index (χ3n) is 3.88. The van der Waals surface area contributed by atoms with Gasteiger partial charge in [-0.15, -0.1) is 0 Å². The SMILES string of the molecule is CC(F)(F)c1ccc(Cn2c(C(=O)O)cc3cc(F)ccc32)cc1. The van der Waals surface area contributed by atoms with Crippen molar-refractivity contribution in [3.05, 3.63) is 71.2 Å². The maximum Gasteiger partial charge on any atom is 0.352 e. The molecular weight excluding hydrogens is 319 g/mol. The van der Waals surface area contributed by atoms with Crippen molar-refractivity contribution in [1.29, 1.82) is 0 Å². The van der Waals surface area contributed by atoms with Gasteiger partial charge in [-0.25, -0.2) is 18.0 Å². The van der Waals surface area contributed by atoms with Gasteiger partial charge in [0.25, 0.3) is 5.92 Å². The predicted molar refractivity (Wildman–Crippen MR) is 84.0 cm³/mol. The quantitative estimate of drug-likeness (QED) is 0.756. The number of aromatic carboxylic acids is 1. The van der Waals surface area contributed by atoms with Crippen LogP contribution in [-0.2, 0) is 12.5 Å². The Labute approximate surface area is 136 Å². The van der Waals surface area contributed by atoms with Gasteiger partial charge in [-0.3, -0.25) is 0 Å². The first-order chi connectivity index (χ1) is 11.3. The van der Waals surface area contributed by atoms with Crippen LogP contribution >= 0.6 is 0 Å². The molecule has 0 aliphatic carbocycles. The molecule has 2 aromatic carbocycles. The van der Waals surface area contributed by atoms with Crippen LogP contribution in [0, 0.1) is 5.82 Å². The molecule has 1 aromatic heterocycles. The molecule has 0 fully saturated rings. The van der Waals surface area contributed by atoms with Crippen LogP contribution < -0.4 is 0 Å². The fraction of sp³-hybridized carbons (Fsp3) is 0.167. The summed E-state index contributed by atoms with van der Waals surface area (Å²) in [5.41, 5.74) is 1.15. The van der Waals surface area contributed by atoms with Crippen molar-refractivity contribution in [1.82, 2.24) is 4.57 Å². The number of carboxylic acids is 1. The van der Waals surface area contributed by atoms with E-state index >= 15 is 0 Å². The second-order valence-corrected chi connectivity index (χ2v) is 5.71. The molecular formula is C18H14F3NO2. The highest BCUT2D eigenvalue weighted by Gasteiger charge is 2.23. The number of rotatable bonds is 4. The van der Waals surface area contributed by atoms with Crippen LogP contribution in [-0.4, -0.2) is 15.6 Å². The maximum absolute atomic E-state index is 13.3. The van der Waals surface area contributed by atoms with Gasteiger partial charge in [0.1, 0.15) is 11.5 Å². The second kappa shape index (κ2) is 5.70. The number of hydrogen-bond acceptors (Lipinski definition) is 1. The minimum atomic E-state index is -2.93. The van der Waals surface area contributed by atoms with Crippen molar-refractivity contribution in [2.24, 2.45) is 0 Å². The summed E-state index contributed by atoms with van der Waals surface area (Å²) in [6, 6.07) is 11.1. The molecule has 3 rings (SSSR count). The van der Waals surface area contributed by atoms with Gasteiger partial charge in [-0.05, 0) is 29.8 Å². The molecule has 0 spiro atoms. The number of benzene rings is 2. The smallest absolute Gasteiger partial charge is 0.352 e. The minimum absolute atomic E-state index is 0.0143. The average molecular weight is 333 g/mol. The third-order valence-corrected chi connectivity index (χ3v) is 3.88. The molecule has 0 aliphatic rings. The Morgan fingerprint density at radius 1 is 1.12 bits per heavy atom. The Bertz CT molecular complexity index is 908. The fourth-order valence-corrected chi connectivity index (χ4v) is 2.67. The molecule has 6 heteroatoms. The van der Waals surface area contributed by atoms with Crippen LogP contribution in [0.5, 0.6) is 0 Å². The first-order valence-electron chi connectivity index (χ1n) is 7.25. The molecule has 1 N–H and O–H groups in total. The first-order valence-corrected chi connectivity index (χ1v) is 7.25. The van der Waals surface area contributed by atoms with Gasteiger partial charge >= 0.3 is 5.97 Å². The van der Waals surface area contributed by atoms with E-state index in [0.717, 1.165) is 6.92 Å². The molecule has 124 valence electrons. The van der Waals surface area contributed by atoms with E-state index in [1.165, 1.54) is 53.1 Å². The standard InChI is InChI=1S/C18H14F3NO2/c1-18(20,21)13-4-2-11(3-5-13)10-22-15-7-6-14(19)8-12(15)9-16(22)17(23)24/h2-9H,10H2,1H3,(H,23,24). The monoisotopic (exact) mass is 333 g/mol. The zero-order chi connectivity index (χ0) is 17.5. The van der Waals surface area contributed by atoms with Crippen LogP contribution in [0.25, 0.3) is 10.9 Å². The second-order valence-electron chi connectivity index (χ2n) is 5.71. The number of aromatic nitrogens is 1. The summed E-state index contributed by atoms with van der Waals surface area (Å²) in [6.07, 6.45) is 0. The molecule has 0 bridgehead atoms. The number of fused-ring (bicyclic) bond motifs is 1. The lowest BCUT2D eigenvalue weighted by atomic mass is 10.1. The number of nitrogens with zero attached hydrogens (tertiary/aromatic N) is 1. The van der Waals surface area contributed by atoms with Gasteiger partial charge < -0.3 is 9.67 Å². The highest BCUT2D eigenvalue weighted by Crippen LogP contribution is 2.28. The minimum Gasteiger partial charge on any atom is -0.477 e. The molecule has 0 saturated heterocycles. The van der Waals surface area contributed by atoms with E-state index in [9.17, 15) is 23.1 Å². The molecule has 0 amide bonds. The van der Waals surface area contributed by atoms with Crippen molar-refractivity contribution >= 4 is 16.9 Å². The third kappa shape index (κ3) is 2.99. The van der Waals surface area contributed by atoms with Crippen LogP contribution in [0.3, 0.4) is 0 Å². The van der Waals surface area contributed by atoms with Gasteiger partial charge in [0.2, 0.25) is 0 Å². The highest BCUT2D eigenvalue weighted by atomic mass is 19.3. The lowest BCUT2D eigenvalue weighted by Crippen LogP contribution is -2.10. The number of hydrogen-bond donors (Lipinski definition) is 1. The summed E-state index contributed by atoms with van der Waals surface area (Å²) in [4.78, 5) is 11.4. The summed E-state index contributed by atoms with van der Waals surface area (Å²) in [6.45, 7) is 1.00. The summed E-state index contributed by atoms with van der Waals surface area (Å²) in [5, 5.41) is 9.83. The summed E-state index contributed by atoms with van der Waals surface area (Å²) < 4.78 is 41.4. The van der Waals surface area contributed by atoms with E-state index in [4.69, 9.17) is 0 Å². The van der Waals surface area contributed by atoms with E-state index < -0.39 is 17.7 Å². The van der Waals surface area contributed by atoms with Crippen LogP contribution in [0.4, 0.5) is 13.2 Å². The Morgan fingerprint density at radius 3 is 2.38 bits per heavy atom. The van der Waals surface area contributed by atoms with Crippen molar-refractivity contribution in [2.45, 2.75) is 19.4 Å². The largest absolute Gasteiger partial charge is 0.477 e. The van der Waals surface area contributed by atoms with Gasteiger partial charge in [0.15, 0.2) is 0 Å². The van der Waals surface area contributed by atoms with Gasteiger partial charge in [0, 0.05) is 29.9 Å². The maximum atomic E-state index is 13.3. The Hall–Kier alpha value is -2.76. The van der Waals surface area contributed by atoms with Crippen molar-refractivity contribution < 1.29 is 23.1 Å². The van der Waals surface area contributed by atoms with E-state index in [-0.39, 0.29) is 17.8 Å². The molecule has 3 aromatic rings. The van der Waals surface area contributed by atoms with E-state index in [1.807, 2.05) is 0 Å². The normalized spacial score (nSPS) is 11.8. The Morgan fingerprint density at radius 2 is 1.79 bits per heavy atom.